The lowest BCUT2D eigenvalue weighted by Gasteiger charge is -2.56. The molecule has 13 heteroatoms. The van der Waals surface area contributed by atoms with Gasteiger partial charge in [0, 0.05) is 60.3 Å². The van der Waals surface area contributed by atoms with Gasteiger partial charge in [-0.1, -0.05) is 11.8 Å². The Kier molecular flexibility index (Phi) is 8.78. The van der Waals surface area contributed by atoms with E-state index in [1.807, 2.05) is 4.90 Å². The highest BCUT2D eigenvalue weighted by Gasteiger charge is 2.52. The van der Waals surface area contributed by atoms with Gasteiger partial charge in [-0.05, 0) is 110 Å². The second-order valence-corrected chi connectivity index (χ2v) is 16.1. The fraction of sp³-hybridized carbons (Fsp3) is 0.432. The first-order chi connectivity index (χ1) is 23.7. The largest absolute Gasteiger partial charge is 0.506 e. The summed E-state index contributed by atoms with van der Waals surface area (Å²) < 4.78 is 69.8. The summed E-state index contributed by atoms with van der Waals surface area (Å²) in [4.78, 5) is 33.6. The van der Waals surface area contributed by atoms with Crippen LogP contribution < -0.4 is 9.62 Å². The van der Waals surface area contributed by atoms with Crippen LogP contribution in [0.3, 0.4) is 0 Å². The van der Waals surface area contributed by atoms with Gasteiger partial charge in [0.25, 0.3) is 11.8 Å². The highest BCUT2D eigenvalue weighted by atomic mass is 32.2. The zero-order valence-electron chi connectivity index (χ0n) is 27.2. The van der Waals surface area contributed by atoms with Crippen LogP contribution in [0.15, 0.2) is 60.9 Å². The van der Waals surface area contributed by atoms with Crippen LogP contribution in [0, 0.1) is 35.0 Å². The van der Waals surface area contributed by atoms with E-state index in [0.717, 1.165) is 37.1 Å². The van der Waals surface area contributed by atoms with Crippen LogP contribution in [-0.4, -0.2) is 67.2 Å². The number of hydrogen-bond donors (Lipinski definition) is 2. The third kappa shape index (κ3) is 7.45. The number of aromatic hydroxyl groups is 1. The van der Waals surface area contributed by atoms with Crippen molar-refractivity contribution in [2.24, 2.45) is 23.2 Å². The third-order valence-electron chi connectivity index (χ3n) is 10.6. The summed E-state index contributed by atoms with van der Waals surface area (Å²) in [7, 11) is -3.82. The monoisotopic (exact) mass is 706 g/mol. The number of nitrogens with zero attached hydrogens (tertiary/aromatic N) is 3. The van der Waals surface area contributed by atoms with Crippen molar-refractivity contribution < 1.29 is 36.3 Å². The Hall–Kier alpha value is -4.57. The van der Waals surface area contributed by atoms with Gasteiger partial charge in [-0.15, -0.1) is 0 Å². The first-order valence-corrected chi connectivity index (χ1v) is 18.5. The van der Waals surface area contributed by atoms with E-state index in [0.29, 0.717) is 36.4 Å². The van der Waals surface area contributed by atoms with Crippen molar-refractivity contribution in [2.75, 3.05) is 36.8 Å². The highest BCUT2D eigenvalue weighted by Crippen LogP contribution is 2.60. The maximum Gasteiger partial charge on any atom is 0.416 e. The summed E-state index contributed by atoms with van der Waals surface area (Å²) in [6.45, 7) is 1.28. The van der Waals surface area contributed by atoms with Crippen molar-refractivity contribution >= 4 is 27.5 Å². The summed E-state index contributed by atoms with van der Waals surface area (Å²) in [5, 5.41) is 9.59. The zero-order chi connectivity index (χ0) is 35.3. The molecule has 2 heterocycles. The molecule has 1 aliphatic heterocycles. The number of amides is 2. The van der Waals surface area contributed by atoms with Gasteiger partial charge >= 0.3 is 6.18 Å². The van der Waals surface area contributed by atoms with Gasteiger partial charge in [0.05, 0.1) is 17.5 Å². The number of nitrogens with one attached hydrogen (secondary N) is 1. The number of carbonyl (C=O) groups excluding carboxylic acids is 2. The van der Waals surface area contributed by atoms with Gasteiger partial charge in [-0.25, -0.2) is 13.1 Å². The Labute approximate surface area is 288 Å². The quantitative estimate of drug-likeness (QED) is 0.328. The highest BCUT2D eigenvalue weighted by molar-refractivity contribution is 7.90. The van der Waals surface area contributed by atoms with E-state index >= 15 is 0 Å². The molecule has 4 saturated carbocycles. The first-order valence-electron chi connectivity index (χ1n) is 16.8. The fourth-order valence-corrected chi connectivity index (χ4v) is 10.5. The lowest BCUT2D eigenvalue weighted by Crippen LogP contribution is -2.51. The molecule has 0 radical (unpaired) electrons. The summed E-state index contributed by atoms with van der Waals surface area (Å²) in [5.41, 5.74) is -0.0707. The van der Waals surface area contributed by atoms with Gasteiger partial charge in [0.1, 0.15) is 5.75 Å². The third-order valence-corrected chi connectivity index (χ3v) is 12.0. The number of rotatable bonds is 6. The molecule has 50 heavy (non-hydrogen) atoms. The molecule has 9 nitrogen and oxygen atoms in total. The zero-order valence-corrected chi connectivity index (χ0v) is 28.1. The average Bonchev–Trinajstić information content (AvgIpc) is 3.05. The molecule has 4 bridgehead atoms. The molecular formula is C37H37F3N4O5S. The average molecular weight is 707 g/mol. The number of benzene rings is 2. The van der Waals surface area contributed by atoms with E-state index in [9.17, 15) is 36.3 Å². The molecule has 5 fully saturated rings. The maximum absolute atomic E-state index is 13.7. The number of pyridine rings is 1. The molecule has 2 N–H and O–H groups in total. The van der Waals surface area contributed by atoms with Gasteiger partial charge in [0.2, 0.25) is 10.0 Å². The number of piperazine rings is 1. The van der Waals surface area contributed by atoms with E-state index in [2.05, 4.69) is 21.5 Å². The maximum atomic E-state index is 13.7. The molecule has 1 aromatic heterocycles. The molecular weight excluding hydrogens is 669 g/mol. The number of hydrogen-bond acceptors (Lipinski definition) is 7. The van der Waals surface area contributed by atoms with E-state index in [-0.39, 0.29) is 46.7 Å². The van der Waals surface area contributed by atoms with Gasteiger partial charge in [-0.2, -0.15) is 13.2 Å². The van der Waals surface area contributed by atoms with Crippen molar-refractivity contribution in [2.45, 2.75) is 44.7 Å². The minimum Gasteiger partial charge on any atom is -0.506 e. The molecule has 0 spiro atoms. The number of aromatic nitrogens is 1. The molecule has 2 amide bonds. The Morgan fingerprint density at radius 2 is 1.48 bits per heavy atom. The van der Waals surface area contributed by atoms with Gasteiger partial charge in [0.15, 0.2) is 0 Å². The molecule has 8 rings (SSSR count). The summed E-state index contributed by atoms with van der Waals surface area (Å²) >= 11 is 0. The van der Waals surface area contributed by atoms with Gasteiger partial charge in [-0.3, -0.25) is 14.6 Å². The predicted molar refractivity (Wildman–Crippen MR) is 180 cm³/mol. The van der Waals surface area contributed by atoms with Crippen LogP contribution in [-0.2, 0) is 16.2 Å². The van der Waals surface area contributed by atoms with Crippen LogP contribution >= 0.6 is 0 Å². The lowest BCUT2D eigenvalue weighted by molar-refractivity contribution is -0.137. The molecule has 1 saturated heterocycles. The Bertz CT molecular complexity index is 1940. The van der Waals surface area contributed by atoms with E-state index in [1.165, 1.54) is 48.7 Å². The lowest BCUT2D eigenvalue weighted by atomic mass is 9.50. The summed E-state index contributed by atoms with van der Waals surface area (Å²) in [6, 6.07) is 10.9. The molecule has 0 unspecified atom stereocenters. The summed E-state index contributed by atoms with van der Waals surface area (Å²) in [6.07, 6.45) is 4.28. The Balaban J connectivity index is 0.968. The molecule has 2 aromatic carbocycles. The molecule has 3 aromatic rings. The standard InChI is InChI=1S/C37H37F3N4O5S/c38-37(39,40)31-15-24(1-2-25-16-33(45)22-41-21-25)14-30(17-31)35(47)44-9-7-43(8-10-44)32-5-3-29(4-6-32)34(46)42-50(48,49)23-36-18-26-11-27(19-36)13-28(12-26)20-36/h3-6,14-17,21-22,26-28,45H,7-13,18-20,23H2,(H,42,46). The van der Waals surface area contributed by atoms with E-state index in [4.69, 9.17) is 0 Å². The Morgan fingerprint density at radius 1 is 0.860 bits per heavy atom. The minimum atomic E-state index is -4.69. The first kappa shape index (κ1) is 33.9. The number of sulfonamides is 1. The molecule has 262 valence electrons. The van der Waals surface area contributed by atoms with Crippen molar-refractivity contribution in [1.82, 2.24) is 14.6 Å². The van der Waals surface area contributed by atoms with Crippen molar-refractivity contribution in [1.29, 1.82) is 0 Å². The van der Waals surface area contributed by atoms with Crippen LogP contribution in [0.1, 0.15) is 75.9 Å². The number of carbonyl (C=O) groups is 2. The predicted octanol–water partition coefficient (Wildman–Crippen LogP) is 5.44. The number of halogens is 3. The van der Waals surface area contributed by atoms with Crippen LogP contribution in [0.25, 0.3) is 0 Å². The van der Waals surface area contributed by atoms with Crippen LogP contribution in [0.2, 0.25) is 0 Å². The van der Waals surface area contributed by atoms with Crippen molar-refractivity contribution in [3.8, 4) is 17.6 Å². The Morgan fingerprint density at radius 3 is 2.08 bits per heavy atom. The second-order valence-electron chi connectivity index (χ2n) is 14.4. The molecule has 0 atom stereocenters. The molecule has 4 aliphatic carbocycles. The van der Waals surface area contributed by atoms with Crippen LogP contribution in [0.5, 0.6) is 5.75 Å². The van der Waals surface area contributed by atoms with Crippen molar-refractivity contribution in [3.05, 3.63) is 88.7 Å². The van der Waals surface area contributed by atoms with Crippen molar-refractivity contribution in [3.63, 3.8) is 0 Å². The van der Waals surface area contributed by atoms with Crippen LogP contribution in [0.4, 0.5) is 18.9 Å². The van der Waals surface area contributed by atoms with E-state index in [1.54, 1.807) is 24.3 Å². The number of anilines is 1. The SMILES string of the molecule is O=C(NS(=O)(=O)CC12CC3CC(CC(C3)C1)C2)c1ccc(N2CCN(C(=O)c3cc(C#Cc4cncc(O)c4)cc(C(F)(F)F)c3)CC2)cc1. The topological polar surface area (TPSA) is 120 Å². The second kappa shape index (κ2) is 13.0. The minimum absolute atomic E-state index is 0.00479. The normalized spacial score (nSPS) is 24.4. The smallest absolute Gasteiger partial charge is 0.416 e. The van der Waals surface area contributed by atoms with Gasteiger partial charge < -0.3 is 14.9 Å². The number of alkyl halides is 3. The fourth-order valence-electron chi connectivity index (χ4n) is 8.91. The van der Waals surface area contributed by atoms with E-state index < -0.39 is 33.6 Å². The molecule has 5 aliphatic rings. The summed E-state index contributed by atoms with van der Waals surface area (Å²) in [5.74, 6) is 5.76.